The molecule has 0 bridgehead atoms. The van der Waals surface area contributed by atoms with E-state index in [1.54, 1.807) is 6.07 Å². The number of rotatable bonds is 5. The lowest BCUT2D eigenvalue weighted by Gasteiger charge is -2.29. The van der Waals surface area contributed by atoms with Crippen molar-refractivity contribution in [1.29, 1.82) is 0 Å². The van der Waals surface area contributed by atoms with Crippen LogP contribution in [-0.4, -0.2) is 25.0 Å². The SMILES string of the molecule is CCOC(CC)N(C)c1ccccc1O. The number of hydrogen-bond donors (Lipinski definition) is 1. The van der Waals surface area contributed by atoms with Crippen molar-refractivity contribution in [2.75, 3.05) is 18.6 Å². The van der Waals surface area contributed by atoms with Gasteiger partial charge in [-0.25, -0.2) is 0 Å². The summed E-state index contributed by atoms with van der Waals surface area (Å²) in [6.45, 7) is 4.72. The van der Waals surface area contributed by atoms with Gasteiger partial charge in [0.25, 0.3) is 0 Å². The molecule has 0 amide bonds. The maximum absolute atomic E-state index is 9.70. The van der Waals surface area contributed by atoms with E-state index in [1.165, 1.54) is 0 Å². The van der Waals surface area contributed by atoms with Crippen molar-refractivity contribution in [1.82, 2.24) is 0 Å². The molecule has 15 heavy (non-hydrogen) atoms. The summed E-state index contributed by atoms with van der Waals surface area (Å²) in [6.07, 6.45) is 0.905. The van der Waals surface area contributed by atoms with Gasteiger partial charge in [0.1, 0.15) is 12.0 Å². The van der Waals surface area contributed by atoms with Crippen LogP contribution in [0, 0.1) is 0 Å². The van der Waals surface area contributed by atoms with Crippen LogP contribution in [0.1, 0.15) is 20.3 Å². The molecule has 1 atom stereocenters. The third-order valence-electron chi connectivity index (χ3n) is 2.40. The number of phenolic OH excluding ortho intramolecular Hbond substituents is 1. The third kappa shape index (κ3) is 2.86. The number of benzene rings is 1. The largest absolute Gasteiger partial charge is 0.506 e. The molecule has 0 aliphatic heterocycles. The van der Waals surface area contributed by atoms with Crippen LogP contribution in [0.3, 0.4) is 0 Å². The topological polar surface area (TPSA) is 32.7 Å². The summed E-state index contributed by atoms with van der Waals surface area (Å²) < 4.78 is 5.58. The Balaban J connectivity index is 2.82. The fourth-order valence-corrected chi connectivity index (χ4v) is 1.61. The Hall–Kier alpha value is -1.22. The fourth-order valence-electron chi connectivity index (χ4n) is 1.61. The predicted octanol–water partition coefficient (Wildman–Crippen LogP) is 2.60. The minimum absolute atomic E-state index is 0.0169. The van der Waals surface area contributed by atoms with Gasteiger partial charge < -0.3 is 14.7 Å². The highest BCUT2D eigenvalue weighted by Gasteiger charge is 2.15. The van der Waals surface area contributed by atoms with E-state index in [0.29, 0.717) is 6.61 Å². The molecule has 0 heterocycles. The smallest absolute Gasteiger partial charge is 0.138 e. The van der Waals surface area contributed by atoms with Gasteiger partial charge in [-0.15, -0.1) is 0 Å². The van der Waals surface area contributed by atoms with Crippen molar-refractivity contribution < 1.29 is 9.84 Å². The number of para-hydroxylation sites is 2. The van der Waals surface area contributed by atoms with Crippen LogP contribution >= 0.6 is 0 Å². The van der Waals surface area contributed by atoms with Gasteiger partial charge in [0.2, 0.25) is 0 Å². The van der Waals surface area contributed by atoms with Gasteiger partial charge in [0.05, 0.1) is 5.69 Å². The zero-order chi connectivity index (χ0) is 11.3. The molecule has 1 aromatic rings. The van der Waals surface area contributed by atoms with E-state index in [4.69, 9.17) is 4.74 Å². The first kappa shape index (κ1) is 11.9. The number of nitrogens with zero attached hydrogens (tertiary/aromatic N) is 1. The quantitative estimate of drug-likeness (QED) is 0.757. The Bertz CT molecular complexity index is 301. The summed E-state index contributed by atoms with van der Waals surface area (Å²) in [7, 11) is 1.93. The van der Waals surface area contributed by atoms with E-state index in [2.05, 4.69) is 6.92 Å². The first-order chi connectivity index (χ1) is 7.20. The van der Waals surface area contributed by atoms with Gasteiger partial charge in [-0.1, -0.05) is 19.1 Å². The van der Waals surface area contributed by atoms with E-state index in [-0.39, 0.29) is 12.0 Å². The molecule has 1 unspecified atom stereocenters. The average molecular weight is 209 g/mol. The average Bonchev–Trinajstić information content (AvgIpc) is 2.25. The van der Waals surface area contributed by atoms with Crippen LogP contribution in [0.5, 0.6) is 5.75 Å². The second-order valence-corrected chi connectivity index (χ2v) is 3.42. The fraction of sp³-hybridized carbons (Fsp3) is 0.500. The van der Waals surface area contributed by atoms with Crippen LogP contribution in [0.4, 0.5) is 5.69 Å². The molecule has 3 nitrogen and oxygen atoms in total. The zero-order valence-corrected chi connectivity index (χ0v) is 9.60. The Labute approximate surface area is 91.3 Å². The number of phenols is 1. The van der Waals surface area contributed by atoms with Gasteiger partial charge in [-0.2, -0.15) is 0 Å². The van der Waals surface area contributed by atoms with Crippen molar-refractivity contribution in [2.45, 2.75) is 26.5 Å². The summed E-state index contributed by atoms with van der Waals surface area (Å²) in [5, 5.41) is 9.70. The Kier molecular flexibility index (Phi) is 4.43. The summed E-state index contributed by atoms with van der Waals surface area (Å²) in [6, 6.07) is 7.29. The van der Waals surface area contributed by atoms with Crippen LogP contribution in [0.2, 0.25) is 0 Å². The standard InChI is InChI=1S/C12H19NO2/c1-4-12(15-5-2)13(3)10-8-6-7-9-11(10)14/h6-9,12,14H,4-5H2,1-3H3. The number of aromatic hydroxyl groups is 1. The first-order valence-corrected chi connectivity index (χ1v) is 5.33. The molecule has 0 saturated heterocycles. The summed E-state index contributed by atoms with van der Waals surface area (Å²) in [4.78, 5) is 1.96. The van der Waals surface area contributed by atoms with Gasteiger partial charge in [-0.3, -0.25) is 0 Å². The molecular formula is C12H19NO2. The monoisotopic (exact) mass is 209 g/mol. The highest BCUT2D eigenvalue weighted by Crippen LogP contribution is 2.27. The van der Waals surface area contributed by atoms with Crippen LogP contribution < -0.4 is 4.90 Å². The second kappa shape index (κ2) is 5.61. The number of ether oxygens (including phenoxy) is 1. The predicted molar refractivity (Wildman–Crippen MR) is 62.2 cm³/mol. The molecule has 0 radical (unpaired) electrons. The minimum atomic E-state index is 0.0169. The third-order valence-corrected chi connectivity index (χ3v) is 2.40. The Morgan fingerprint density at radius 3 is 2.53 bits per heavy atom. The lowest BCUT2D eigenvalue weighted by molar-refractivity contribution is 0.0609. The minimum Gasteiger partial charge on any atom is -0.506 e. The number of anilines is 1. The molecule has 3 heteroatoms. The molecule has 84 valence electrons. The Morgan fingerprint density at radius 2 is 2.00 bits per heavy atom. The van der Waals surface area contributed by atoms with Crippen molar-refractivity contribution in [3.05, 3.63) is 24.3 Å². The van der Waals surface area contributed by atoms with E-state index >= 15 is 0 Å². The maximum atomic E-state index is 9.70. The lowest BCUT2D eigenvalue weighted by Crippen LogP contribution is -2.33. The van der Waals surface area contributed by atoms with E-state index in [0.717, 1.165) is 12.1 Å². The maximum Gasteiger partial charge on any atom is 0.138 e. The zero-order valence-electron chi connectivity index (χ0n) is 9.60. The van der Waals surface area contributed by atoms with Crippen molar-refractivity contribution in [3.8, 4) is 5.75 Å². The molecule has 1 N–H and O–H groups in total. The number of hydrogen-bond acceptors (Lipinski definition) is 3. The van der Waals surface area contributed by atoms with Crippen LogP contribution in [-0.2, 0) is 4.74 Å². The molecule has 1 aromatic carbocycles. The summed E-state index contributed by atoms with van der Waals surface area (Å²) >= 11 is 0. The van der Waals surface area contributed by atoms with Crippen molar-refractivity contribution in [3.63, 3.8) is 0 Å². The van der Waals surface area contributed by atoms with Crippen molar-refractivity contribution in [2.24, 2.45) is 0 Å². The van der Waals surface area contributed by atoms with Crippen molar-refractivity contribution >= 4 is 5.69 Å². The summed E-state index contributed by atoms with van der Waals surface area (Å²) in [5.74, 6) is 0.290. The molecule has 0 fully saturated rings. The van der Waals surface area contributed by atoms with Crippen LogP contribution in [0.15, 0.2) is 24.3 Å². The molecule has 1 rings (SSSR count). The summed E-state index contributed by atoms with van der Waals surface area (Å²) in [5.41, 5.74) is 0.804. The molecule has 0 aliphatic rings. The second-order valence-electron chi connectivity index (χ2n) is 3.42. The first-order valence-electron chi connectivity index (χ1n) is 5.33. The molecule has 0 saturated carbocycles. The normalized spacial score (nSPS) is 12.5. The molecule has 0 aliphatic carbocycles. The van der Waals surface area contributed by atoms with Gasteiger partial charge in [0, 0.05) is 13.7 Å². The molecular weight excluding hydrogens is 190 g/mol. The van der Waals surface area contributed by atoms with E-state index in [1.807, 2.05) is 37.1 Å². The van der Waals surface area contributed by atoms with Gasteiger partial charge in [-0.05, 0) is 25.5 Å². The highest BCUT2D eigenvalue weighted by atomic mass is 16.5. The van der Waals surface area contributed by atoms with E-state index in [9.17, 15) is 5.11 Å². The Morgan fingerprint density at radius 1 is 1.33 bits per heavy atom. The molecule has 0 aromatic heterocycles. The van der Waals surface area contributed by atoms with E-state index < -0.39 is 0 Å². The highest BCUT2D eigenvalue weighted by molar-refractivity contribution is 5.57. The van der Waals surface area contributed by atoms with Crippen LogP contribution in [0.25, 0.3) is 0 Å². The molecule has 0 spiro atoms. The van der Waals surface area contributed by atoms with Gasteiger partial charge in [0.15, 0.2) is 0 Å². The lowest BCUT2D eigenvalue weighted by atomic mass is 10.2. The van der Waals surface area contributed by atoms with Gasteiger partial charge >= 0.3 is 0 Å².